The molecular weight excluding hydrogens is 384 g/mol. The Kier molecular flexibility index (Phi) is 3.70. The van der Waals surface area contributed by atoms with E-state index in [-0.39, 0.29) is 5.69 Å². The van der Waals surface area contributed by atoms with Gasteiger partial charge in [-0.3, -0.25) is 0 Å². The minimum Gasteiger partial charge on any atom is -0.367 e. The molecular formula is C18H15ClN6OS. The monoisotopic (exact) mass is 398 g/mol. The van der Waals surface area contributed by atoms with Crippen LogP contribution in [0.15, 0.2) is 29.2 Å². The lowest BCUT2D eigenvalue weighted by molar-refractivity contribution is 0.926. The van der Waals surface area contributed by atoms with Gasteiger partial charge in [0, 0.05) is 17.7 Å². The van der Waals surface area contributed by atoms with Crippen LogP contribution in [0.25, 0.3) is 28.9 Å². The fraction of sp³-hybridized carbons (Fsp3) is 0.167. The fourth-order valence-corrected chi connectivity index (χ4v) is 3.92. The molecule has 0 unspecified atom stereocenters. The number of thiophene rings is 1. The summed E-state index contributed by atoms with van der Waals surface area (Å²) >= 11 is 7.59. The zero-order chi connectivity index (χ0) is 18.5. The van der Waals surface area contributed by atoms with Gasteiger partial charge in [0.15, 0.2) is 5.65 Å². The molecule has 0 amide bonds. The Morgan fingerprint density at radius 3 is 2.89 bits per heavy atom. The number of nitrogens with zero attached hydrogens (tertiary/aromatic N) is 3. The first-order valence-corrected chi connectivity index (χ1v) is 9.66. The van der Waals surface area contributed by atoms with Crippen molar-refractivity contribution in [1.82, 2.24) is 24.6 Å². The van der Waals surface area contributed by atoms with Crippen molar-refractivity contribution in [2.75, 3.05) is 5.32 Å². The summed E-state index contributed by atoms with van der Waals surface area (Å²) in [6.07, 6.45) is 5.86. The number of nitrogens with one attached hydrogen (secondary N) is 3. The van der Waals surface area contributed by atoms with Crippen LogP contribution in [0.3, 0.4) is 0 Å². The predicted octanol–water partition coefficient (Wildman–Crippen LogP) is 1.94. The highest BCUT2D eigenvalue weighted by Gasteiger charge is 2.23. The van der Waals surface area contributed by atoms with Crippen LogP contribution in [-0.4, -0.2) is 30.6 Å². The highest BCUT2D eigenvalue weighted by Crippen LogP contribution is 2.33. The van der Waals surface area contributed by atoms with Gasteiger partial charge in [-0.15, -0.1) is 11.3 Å². The Morgan fingerprint density at radius 1 is 1.37 bits per heavy atom. The lowest BCUT2D eigenvalue weighted by Crippen LogP contribution is -2.22. The molecule has 4 aromatic heterocycles. The van der Waals surface area contributed by atoms with Crippen molar-refractivity contribution < 1.29 is 0 Å². The van der Waals surface area contributed by atoms with E-state index in [1.807, 2.05) is 24.3 Å². The van der Waals surface area contributed by atoms with E-state index in [0.29, 0.717) is 22.4 Å². The van der Waals surface area contributed by atoms with Gasteiger partial charge >= 0.3 is 5.69 Å². The Balaban J connectivity index is 1.73. The number of H-pyrrole nitrogens is 2. The molecule has 0 aliphatic heterocycles. The van der Waals surface area contributed by atoms with E-state index in [1.165, 1.54) is 11.3 Å². The minimum atomic E-state index is -0.291. The number of rotatable bonds is 4. The molecule has 0 radical (unpaired) electrons. The second kappa shape index (κ2) is 6.11. The maximum Gasteiger partial charge on any atom is 0.323 e. The zero-order valence-electron chi connectivity index (χ0n) is 14.1. The third-order valence-electron chi connectivity index (χ3n) is 4.39. The Bertz CT molecular complexity index is 1330. The van der Waals surface area contributed by atoms with Crippen LogP contribution in [0, 0.1) is 0 Å². The standard InChI is InChI=1S/C18H15ClN6OS/c1-9-12(24-18(26)21-9)6-10-8-20-25-16(22-11-2-3-11)7-13(23-17(10)25)14-4-5-15(19)27-14/h4-8,11,22H,1-3H2,(H2,21,24,26)/b12-6-. The first-order valence-electron chi connectivity index (χ1n) is 8.47. The maximum atomic E-state index is 11.5. The smallest absolute Gasteiger partial charge is 0.323 e. The second-order valence-corrected chi connectivity index (χ2v) is 8.22. The van der Waals surface area contributed by atoms with Crippen molar-refractivity contribution in [3.8, 4) is 10.6 Å². The van der Waals surface area contributed by atoms with Crippen molar-refractivity contribution in [3.05, 3.63) is 55.5 Å². The number of anilines is 1. The van der Waals surface area contributed by atoms with Crippen LogP contribution in [0.1, 0.15) is 18.4 Å². The van der Waals surface area contributed by atoms with Crippen molar-refractivity contribution in [3.63, 3.8) is 0 Å². The topological polar surface area (TPSA) is 90.9 Å². The van der Waals surface area contributed by atoms with E-state index in [0.717, 1.165) is 39.1 Å². The van der Waals surface area contributed by atoms with Crippen LogP contribution in [0.4, 0.5) is 5.82 Å². The summed E-state index contributed by atoms with van der Waals surface area (Å²) < 4.78 is 2.51. The molecule has 1 fully saturated rings. The predicted molar refractivity (Wildman–Crippen MR) is 108 cm³/mol. The molecule has 0 spiro atoms. The molecule has 0 saturated heterocycles. The first-order chi connectivity index (χ1) is 13.1. The van der Waals surface area contributed by atoms with Gasteiger partial charge in [0.25, 0.3) is 0 Å². The number of hydrogen-bond donors (Lipinski definition) is 3. The fourth-order valence-electron chi connectivity index (χ4n) is 2.91. The summed E-state index contributed by atoms with van der Waals surface area (Å²) in [5, 5.41) is 9.13. The Hall–Kier alpha value is -2.84. The lowest BCUT2D eigenvalue weighted by Gasteiger charge is -2.09. The maximum absolute atomic E-state index is 11.5. The average Bonchev–Trinajstić information content (AvgIpc) is 3.04. The number of fused-ring (bicyclic) bond motifs is 1. The molecule has 136 valence electrons. The van der Waals surface area contributed by atoms with E-state index in [4.69, 9.17) is 16.6 Å². The third kappa shape index (κ3) is 3.07. The molecule has 4 heterocycles. The van der Waals surface area contributed by atoms with Crippen molar-refractivity contribution in [1.29, 1.82) is 0 Å². The summed E-state index contributed by atoms with van der Waals surface area (Å²) in [5.41, 5.74) is 2.02. The Labute approximate surface area is 162 Å². The largest absolute Gasteiger partial charge is 0.367 e. The van der Waals surface area contributed by atoms with E-state index in [1.54, 1.807) is 10.7 Å². The van der Waals surface area contributed by atoms with Gasteiger partial charge in [0.2, 0.25) is 0 Å². The summed E-state index contributed by atoms with van der Waals surface area (Å²) in [4.78, 5) is 22.6. The number of aromatic nitrogens is 5. The van der Waals surface area contributed by atoms with Gasteiger partial charge < -0.3 is 15.3 Å². The minimum absolute atomic E-state index is 0.291. The lowest BCUT2D eigenvalue weighted by atomic mass is 10.2. The van der Waals surface area contributed by atoms with E-state index < -0.39 is 0 Å². The van der Waals surface area contributed by atoms with Gasteiger partial charge in [0.1, 0.15) is 5.82 Å². The SMILES string of the molecule is C=c1[nH]c(=O)[nH]/c1=C\c1cnn2c(NC3CC3)cc(-c3ccc(Cl)s3)nc12. The summed E-state index contributed by atoms with van der Waals surface area (Å²) in [7, 11) is 0. The molecule has 5 rings (SSSR count). The molecule has 7 nitrogen and oxygen atoms in total. The molecule has 3 N–H and O–H groups in total. The van der Waals surface area contributed by atoms with E-state index in [2.05, 4.69) is 27.0 Å². The molecule has 1 aliphatic rings. The van der Waals surface area contributed by atoms with Gasteiger partial charge in [-0.1, -0.05) is 18.2 Å². The normalized spacial score (nSPS) is 14.9. The van der Waals surface area contributed by atoms with Crippen molar-refractivity contribution >= 4 is 47.1 Å². The number of aromatic amines is 2. The van der Waals surface area contributed by atoms with Gasteiger partial charge in [0.05, 0.1) is 31.8 Å². The van der Waals surface area contributed by atoms with Crippen molar-refractivity contribution in [2.45, 2.75) is 18.9 Å². The quantitative estimate of drug-likeness (QED) is 0.490. The molecule has 9 heteroatoms. The highest BCUT2D eigenvalue weighted by atomic mass is 35.5. The summed E-state index contributed by atoms with van der Waals surface area (Å²) in [6, 6.07) is 6.30. The molecule has 0 aromatic carbocycles. The van der Waals surface area contributed by atoms with E-state index in [9.17, 15) is 4.79 Å². The van der Waals surface area contributed by atoms with Crippen molar-refractivity contribution in [2.24, 2.45) is 0 Å². The van der Waals surface area contributed by atoms with Gasteiger partial charge in [-0.25, -0.2) is 9.78 Å². The third-order valence-corrected chi connectivity index (χ3v) is 5.65. The van der Waals surface area contributed by atoms with Crippen LogP contribution < -0.4 is 21.7 Å². The highest BCUT2D eigenvalue weighted by molar-refractivity contribution is 7.19. The molecule has 4 aromatic rings. The first kappa shape index (κ1) is 16.3. The number of hydrogen-bond acceptors (Lipinski definition) is 5. The molecule has 1 aliphatic carbocycles. The number of halogens is 1. The Morgan fingerprint density at radius 2 is 2.22 bits per heavy atom. The van der Waals surface area contributed by atoms with Crippen LogP contribution in [-0.2, 0) is 0 Å². The van der Waals surface area contributed by atoms with Gasteiger partial charge in [-0.2, -0.15) is 9.61 Å². The molecule has 0 bridgehead atoms. The van der Waals surface area contributed by atoms with Crippen LogP contribution in [0.2, 0.25) is 4.34 Å². The second-order valence-electron chi connectivity index (χ2n) is 6.50. The summed E-state index contributed by atoms with van der Waals surface area (Å²) in [5.74, 6) is 0.888. The molecule has 1 saturated carbocycles. The van der Waals surface area contributed by atoms with E-state index >= 15 is 0 Å². The average molecular weight is 399 g/mol. The van der Waals surface area contributed by atoms with Gasteiger partial charge in [-0.05, 0) is 31.1 Å². The molecule has 27 heavy (non-hydrogen) atoms. The van der Waals surface area contributed by atoms with Crippen LogP contribution >= 0.6 is 22.9 Å². The van der Waals surface area contributed by atoms with Crippen LogP contribution in [0.5, 0.6) is 0 Å². The summed E-state index contributed by atoms with van der Waals surface area (Å²) in [6.45, 7) is 3.84. The molecule has 0 atom stereocenters. The number of imidazole rings is 1. The zero-order valence-corrected chi connectivity index (χ0v) is 15.7.